The number of Topliss-reactive ketones (excluding diaryl/α,β-unsaturated/α-hetero) is 1. The molecule has 0 saturated carbocycles. The predicted octanol–water partition coefficient (Wildman–Crippen LogP) is 2.70. The number of methoxy groups -OCH3 is 2. The van der Waals surface area contributed by atoms with E-state index < -0.39 is 16.9 Å². The van der Waals surface area contributed by atoms with Crippen molar-refractivity contribution in [1.82, 2.24) is 10.6 Å². The van der Waals surface area contributed by atoms with Gasteiger partial charge in [0.25, 0.3) is 0 Å². The molecule has 1 aromatic carbocycles. The molecule has 1 unspecified atom stereocenters. The summed E-state index contributed by atoms with van der Waals surface area (Å²) in [7, 11) is 3.03. The summed E-state index contributed by atoms with van der Waals surface area (Å²) in [4.78, 5) is 22.9. The third-order valence-corrected chi connectivity index (χ3v) is 3.88. The first-order valence-electron chi connectivity index (χ1n) is 6.71. The van der Waals surface area contributed by atoms with E-state index in [-0.39, 0.29) is 11.5 Å². The smallest absolute Gasteiger partial charge is 0.319 e. The molecule has 0 bridgehead atoms. The van der Waals surface area contributed by atoms with Gasteiger partial charge >= 0.3 is 6.03 Å². The summed E-state index contributed by atoms with van der Waals surface area (Å²) < 4.78 is 10.4. The maximum atomic E-state index is 12.1. The van der Waals surface area contributed by atoms with Crippen LogP contribution in [0.5, 0.6) is 11.5 Å². The number of alkyl halides is 2. The quantitative estimate of drug-likeness (QED) is 0.793. The number of carbonyl (C=O) groups is 2. The van der Waals surface area contributed by atoms with Gasteiger partial charge in [-0.05, 0) is 24.6 Å². The lowest BCUT2D eigenvalue weighted by atomic mass is 9.93. The van der Waals surface area contributed by atoms with Crippen LogP contribution >= 0.6 is 23.2 Å². The van der Waals surface area contributed by atoms with Crippen LogP contribution < -0.4 is 20.1 Å². The Balaban J connectivity index is 2.57. The molecule has 2 amide bonds. The second-order valence-corrected chi connectivity index (χ2v) is 5.93. The molecule has 124 valence electrons. The number of amides is 2. The summed E-state index contributed by atoms with van der Waals surface area (Å²) in [5.74, 6) is 0.770. The highest BCUT2D eigenvalue weighted by Gasteiger charge is 2.33. The Labute approximate surface area is 143 Å². The fourth-order valence-corrected chi connectivity index (χ4v) is 2.78. The first-order chi connectivity index (χ1) is 10.9. The average molecular weight is 359 g/mol. The first kappa shape index (κ1) is 17.4. The molecule has 23 heavy (non-hydrogen) atoms. The summed E-state index contributed by atoms with van der Waals surface area (Å²) in [5, 5.41) is 5.18. The summed E-state index contributed by atoms with van der Waals surface area (Å²) in [6, 6.07) is 3.94. The molecule has 1 heterocycles. The number of ketones is 1. The third-order valence-electron chi connectivity index (χ3n) is 3.44. The van der Waals surface area contributed by atoms with Crippen LogP contribution in [-0.2, 0) is 4.79 Å². The van der Waals surface area contributed by atoms with Gasteiger partial charge in [-0.15, -0.1) is 0 Å². The van der Waals surface area contributed by atoms with Crippen LogP contribution in [0, 0.1) is 0 Å². The van der Waals surface area contributed by atoms with Gasteiger partial charge in [-0.3, -0.25) is 4.79 Å². The second-order valence-electron chi connectivity index (χ2n) is 4.83. The van der Waals surface area contributed by atoms with Crippen molar-refractivity contribution in [3.8, 4) is 11.5 Å². The Morgan fingerprint density at radius 1 is 1.22 bits per heavy atom. The molecule has 0 saturated heterocycles. The van der Waals surface area contributed by atoms with E-state index in [1.807, 2.05) is 0 Å². The Hall–Kier alpha value is -1.92. The number of benzene rings is 1. The van der Waals surface area contributed by atoms with E-state index in [1.165, 1.54) is 21.1 Å². The largest absolute Gasteiger partial charge is 0.493 e. The van der Waals surface area contributed by atoms with Gasteiger partial charge < -0.3 is 20.1 Å². The molecular weight excluding hydrogens is 343 g/mol. The number of halogens is 2. The average Bonchev–Trinajstić information content (AvgIpc) is 2.52. The molecule has 0 aliphatic carbocycles. The Morgan fingerprint density at radius 3 is 2.39 bits per heavy atom. The molecular formula is C15H16Cl2N2O4. The monoisotopic (exact) mass is 358 g/mol. The highest BCUT2D eigenvalue weighted by atomic mass is 35.5. The van der Waals surface area contributed by atoms with E-state index in [1.54, 1.807) is 18.2 Å². The van der Waals surface area contributed by atoms with Gasteiger partial charge in [0.1, 0.15) is 4.84 Å². The van der Waals surface area contributed by atoms with Crippen LogP contribution in [0.1, 0.15) is 18.5 Å². The minimum absolute atomic E-state index is 0.185. The summed E-state index contributed by atoms with van der Waals surface area (Å²) >= 11 is 11.8. The first-order valence-corrected chi connectivity index (χ1v) is 7.59. The van der Waals surface area contributed by atoms with Crippen LogP contribution in [0.4, 0.5) is 4.79 Å². The van der Waals surface area contributed by atoms with Crippen LogP contribution in [0.3, 0.4) is 0 Å². The van der Waals surface area contributed by atoms with E-state index >= 15 is 0 Å². The van der Waals surface area contributed by atoms with Crippen molar-refractivity contribution in [3.63, 3.8) is 0 Å². The highest BCUT2D eigenvalue weighted by Crippen LogP contribution is 2.35. The van der Waals surface area contributed by atoms with Crippen LogP contribution in [0.25, 0.3) is 0 Å². The Bertz CT molecular complexity index is 673. The van der Waals surface area contributed by atoms with Crippen molar-refractivity contribution >= 4 is 35.0 Å². The SMILES string of the molecule is COc1ccc(C2NC(=O)NC(C(Cl)Cl)=C2C(C)=O)cc1OC. The molecule has 1 aliphatic heterocycles. The zero-order chi connectivity index (χ0) is 17.1. The lowest BCUT2D eigenvalue weighted by Gasteiger charge is -2.30. The molecule has 1 aliphatic rings. The Morgan fingerprint density at radius 2 is 1.87 bits per heavy atom. The fourth-order valence-electron chi connectivity index (χ4n) is 2.43. The number of nitrogens with one attached hydrogen (secondary N) is 2. The maximum Gasteiger partial charge on any atom is 0.319 e. The zero-order valence-corrected chi connectivity index (χ0v) is 14.3. The van der Waals surface area contributed by atoms with Crippen LogP contribution in [-0.4, -0.2) is 30.9 Å². The fraction of sp³-hybridized carbons (Fsp3) is 0.333. The second kappa shape index (κ2) is 7.10. The molecule has 6 nitrogen and oxygen atoms in total. The van der Waals surface area contributed by atoms with E-state index in [4.69, 9.17) is 32.7 Å². The summed E-state index contributed by atoms with van der Waals surface area (Å²) in [6.07, 6.45) is 0. The minimum Gasteiger partial charge on any atom is -0.493 e. The maximum absolute atomic E-state index is 12.1. The van der Waals surface area contributed by atoms with Gasteiger partial charge in [-0.1, -0.05) is 29.3 Å². The van der Waals surface area contributed by atoms with Gasteiger partial charge in [-0.25, -0.2) is 4.79 Å². The molecule has 1 aromatic rings. The number of ether oxygens (including phenoxy) is 2. The van der Waals surface area contributed by atoms with Gasteiger partial charge in [0.15, 0.2) is 17.3 Å². The lowest BCUT2D eigenvalue weighted by molar-refractivity contribution is -0.114. The molecule has 0 spiro atoms. The molecule has 2 N–H and O–H groups in total. The van der Waals surface area contributed by atoms with Crippen molar-refractivity contribution in [2.75, 3.05) is 14.2 Å². The summed E-state index contributed by atoms with van der Waals surface area (Å²) in [6.45, 7) is 1.39. The molecule has 1 atom stereocenters. The van der Waals surface area contributed by atoms with E-state index in [0.717, 1.165) is 0 Å². The lowest BCUT2D eigenvalue weighted by Crippen LogP contribution is -2.46. The van der Waals surface area contributed by atoms with Crippen molar-refractivity contribution in [2.45, 2.75) is 17.8 Å². The van der Waals surface area contributed by atoms with Crippen molar-refractivity contribution < 1.29 is 19.1 Å². The number of hydrogen-bond donors (Lipinski definition) is 2. The van der Waals surface area contributed by atoms with Crippen LogP contribution in [0.2, 0.25) is 0 Å². The number of rotatable bonds is 5. The van der Waals surface area contributed by atoms with Gasteiger partial charge in [-0.2, -0.15) is 0 Å². The van der Waals surface area contributed by atoms with E-state index in [9.17, 15) is 9.59 Å². The van der Waals surface area contributed by atoms with Crippen molar-refractivity contribution in [2.24, 2.45) is 0 Å². The Kier molecular flexibility index (Phi) is 5.38. The predicted molar refractivity (Wildman–Crippen MR) is 87.2 cm³/mol. The highest BCUT2D eigenvalue weighted by molar-refractivity contribution is 6.46. The van der Waals surface area contributed by atoms with Gasteiger partial charge in [0, 0.05) is 5.57 Å². The topological polar surface area (TPSA) is 76.7 Å². The van der Waals surface area contributed by atoms with Crippen molar-refractivity contribution in [3.05, 3.63) is 35.0 Å². The van der Waals surface area contributed by atoms with Gasteiger partial charge in [0.05, 0.1) is 26.0 Å². The zero-order valence-electron chi connectivity index (χ0n) is 12.8. The number of carbonyl (C=O) groups excluding carboxylic acids is 2. The molecule has 8 heteroatoms. The molecule has 0 aromatic heterocycles. The number of urea groups is 1. The number of hydrogen-bond acceptors (Lipinski definition) is 4. The summed E-state index contributed by atoms with van der Waals surface area (Å²) in [5.41, 5.74) is 1.13. The molecule has 0 radical (unpaired) electrons. The minimum atomic E-state index is -1.03. The normalized spacial score (nSPS) is 17.7. The van der Waals surface area contributed by atoms with E-state index in [2.05, 4.69) is 10.6 Å². The van der Waals surface area contributed by atoms with E-state index in [0.29, 0.717) is 22.6 Å². The molecule has 0 fully saturated rings. The third kappa shape index (κ3) is 3.54. The van der Waals surface area contributed by atoms with Gasteiger partial charge in [0.2, 0.25) is 0 Å². The molecule has 2 rings (SSSR count). The standard InChI is InChI=1S/C15H16Cl2N2O4/c1-7(20)11-12(18-15(21)19-13(11)14(16)17)8-4-5-9(22-2)10(6-8)23-3/h4-6,12,14H,1-3H3,(H2,18,19,21). The number of allylic oxidation sites excluding steroid dienone is 1. The van der Waals surface area contributed by atoms with Crippen LogP contribution in [0.15, 0.2) is 29.5 Å². The van der Waals surface area contributed by atoms with Crippen molar-refractivity contribution in [1.29, 1.82) is 0 Å².